The molecule has 0 fully saturated rings. The fraction of sp³-hybridized carbons (Fsp3) is 0.667. The molecule has 1 aliphatic heterocycles. The number of halogens is 1. The Balaban J connectivity index is 2.46. The number of nitrogens with two attached hydrogens (primary N) is 1. The molecule has 0 bridgehead atoms. The van der Waals surface area contributed by atoms with Crippen molar-refractivity contribution in [3.8, 4) is 0 Å². The molecule has 14 heavy (non-hydrogen) atoms. The van der Waals surface area contributed by atoms with Gasteiger partial charge in [0, 0.05) is 12.7 Å². The molecule has 0 aromatic heterocycles. The highest BCUT2D eigenvalue weighted by atomic mass is 32.2. The number of nitrogens with one attached hydrogen (secondary N) is 1. The highest BCUT2D eigenvalue weighted by Gasteiger charge is 2.22. The third-order valence-electron chi connectivity index (χ3n) is 1.58. The van der Waals surface area contributed by atoms with Crippen molar-refractivity contribution in [2.45, 2.75) is 11.9 Å². The summed E-state index contributed by atoms with van der Waals surface area (Å²) in [4.78, 5) is 1.69. The maximum Gasteiger partial charge on any atom is 0.276 e. The van der Waals surface area contributed by atoms with Gasteiger partial charge in [-0.1, -0.05) is 11.8 Å². The molecular formula is C6H12FN3O2S2. The van der Waals surface area contributed by atoms with Crippen molar-refractivity contribution in [2.75, 3.05) is 13.2 Å². The van der Waals surface area contributed by atoms with Gasteiger partial charge in [0.25, 0.3) is 10.2 Å². The molecule has 0 radical (unpaired) electrons. The van der Waals surface area contributed by atoms with Crippen LogP contribution in [0.5, 0.6) is 0 Å². The molecule has 0 amide bonds. The van der Waals surface area contributed by atoms with Gasteiger partial charge in [-0.15, -0.1) is 0 Å². The number of nitrogens with zero attached hydrogens (tertiary/aromatic N) is 1. The van der Waals surface area contributed by atoms with Crippen LogP contribution < -0.4 is 9.86 Å². The Hall–Kier alpha value is -0.310. The third kappa shape index (κ3) is 3.82. The first-order valence-electron chi connectivity index (χ1n) is 3.97. The smallest absolute Gasteiger partial charge is 0.276 e. The molecule has 1 rings (SSSR count). The van der Waals surface area contributed by atoms with E-state index in [9.17, 15) is 12.8 Å². The molecule has 0 spiro atoms. The van der Waals surface area contributed by atoms with Gasteiger partial charge in [0.05, 0.1) is 6.67 Å². The summed E-state index contributed by atoms with van der Waals surface area (Å²) in [5.74, 6) is 0. The van der Waals surface area contributed by atoms with Gasteiger partial charge in [-0.25, -0.2) is 5.14 Å². The highest BCUT2D eigenvalue weighted by molar-refractivity contribution is 8.03. The maximum absolute atomic E-state index is 11.9. The van der Waals surface area contributed by atoms with Gasteiger partial charge in [0.2, 0.25) is 0 Å². The van der Waals surface area contributed by atoms with Crippen LogP contribution in [0.4, 0.5) is 4.39 Å². The fourth-order valence-electron chi connectivity index (χ4n) is 1.01. The van der Waals surface area contributed by atoms with E-state index in [2.05, 4.69) is 4.72 Å². The maximum atomic E-state index is 11.9. The summed E-state index contributed by atoms with van der Waals surface area (Å²) in [5.41, 5.74) is -0.448. The Morgan fingerprint density at radius 2 is 2.36 bits per heavy atom. The summed E-state index contributed by atoms with van der Waals surface area (Å²) in [5, 5.41) is 6.56. The van der Waals surface area contributed by atoms with Gasteiger partial charge >= 0.3 is 0 Å². The molecule has 82 valence electrons. The predicted octanol–water partition coefficient (Wildman–Crippen LogP) is -0.0573. The lowest BCUT2D eigenvalue weighted by atomic mass is 10.4. The van der Waals surface area contributed by atoms with E-state index in [1.165, 1.54) is 11.8 Å². The van der Waals surface area contributed by atoms with E-state index in [0.29, 0.717) is 13.0 Å². The lowest BCUT2D eigenvalue weighted by Crippen LogP contribution is -2.44. The first-order chi connectivity index (χ1) is 6.53. The molecular weight excluding hydrogens is 229 g/mol. The second kappa shape index (κ2) is 4.96. The topological polar surface area (TPSA) is 75.4 Å². The van der Waals surface area contributed by atoms with Crippen molar-refractivity contribution in [3.05, 3.63) is 11.6 Å². The first-order valence-corrected chi connectivity index (χ1v) is 6.46. The Bertz CT molecular complexity index is 306. The summed E-state index contributed by atoms with van der Waals surface area (Å²) in [6, 6.07) is 0. The van der Waals surface area contributed by atoms with Gasteiger partial charge in [-0.05, 0) is 11.8 Å². The molecule has 8 heteroatoms. The molecule has 3 N–H and O–H groups in total. The normalized spacial score (nSPS) is 21.9. The van der Waals surface area contributed by atoms with Crippen LogP contribution in [0.3, 0.4) is 0 Å². The van der Waals surface area contributed by atoms with Gasteiger partial charge in [-0.2, -0.15) is 13.1 Å². The van der Waals surface area contributed by atoms with Crippen LogP contribution in [-0.4, -0.2) is 32.0 Å². The molecule has 0 aromatic carbocycles. The van der Waals surface area contributed by atoms with E-state index < -0.39 is 22.4 Å². The van der Waals surface area contributed by atoms with Crippen molar-refractivity contribution in [3.63, 3.8) is 0 Å². The van der Waals surface area contributed by atoms with E-state index in [1.54, 1.807) is 16.5 Å². The summed E-state index contributed by atoms with van der Waals surface area (Å²) < 4.78 is 35.6. The molecule has 0 saturated heterocycles. The number of hydrogen-bond donors (Lipinski definition) is 2. The zero-order chi connectivity index (χ0) is 10.6. The van der Waals surface area contributed by atoms with E-state index in [1.807, 2.05) is 0 Å². The Morgan fingerprint density at radius 3 is 2.93 bits per heavy atom. The fourth-order valence-corrected chi connectivity index (χ4v) is 2.76. The molecule has 1 atom stereocenters. The van der Waals surface area contributed by atoms with Crippen molar-refractivity contribution in [2.24, 2.45) is 5.14 Å². The Labute approximate surface area is 86.7 Å². The molecule has 1 aliphatic rings. The lowest BCUT2D eigenvalue weighted by molar-refractivity contribution is 0.321. The molecule has 1 heterocycles. The largest absolute Gasteiger partial charge is 0.352 e. The Kier molecular flexibility index (Phi) is 4.17. The van der Waals surface area contributed by atoms with E-state index in [-0.39, 0.29) is 0 Å². The lowest BCUT2D eigenvalue weighted by Gasteiger charge is -2.23. The third-order valence-corrected chi connectivity index (χ3v) is 3.20. The van der Waals surface area contributed by atoms with E-state index >= 15 is 0 Å². The predicted molar refractivity (Wildman–Crippen MR) is 54.1 cm³/mol. The average Bonchev–Trinajstić information content (AvgIpc) is 2.45. The van der Waals surface area contributed by atoms with Crippen LogP contribution in [0.2, 0.25) is 0 Å². The molecule has 0 saturated carbocycles. The van der Waals surface area contributed by atoms with E-state index in [4.69, 9.17) is 5.14 Å². The second-order valence-corrected chi connectivity index (χ2v) is 5.03. The van der Waals surface area contributed by atoms with Crippen molar-refractivity contribution in [1.82, 2.24) is 9.62 Å². The average molecular weight is 241 g/mol. The zero-order valence-corrected chi connectivity index (χ0v) is 9.02. The van der Waals surface area contributed by atoms with Gasteiger partial charge in [0.15, 0.2) is 0 Å². The van der Waals surface area contributed by atoms with Crippen LogP contribution in [-0.2, 0) is 10.2 Å². The van der Waals surface area contributed by atoms with Gasteiger partial charge in [-0.3, -0.25) is 4.39 Å². The quantitative estimate of drug-likeness (QED) is 0.707. The van der Waals surface area contributed by atoms with Crippen LogP contribution >= 0.6 is 11.8 Å². The van der Waals surface area contributed by atoms with Crippen molar-refractivity contribution in [1.29, 1.82) is 0 Å². The summed E-state index contributed by atoms with van der Waals surface area (Å²) in [6.45, 7) is 0.0459. The molecule has 5 nitrogen and oxygen atoms in total. The van der Waals surface area contributed by atoms with Crippen molar-refractivity contribution >= 4 is 22.0 Å². The van der Waals surface area contributed by atoms with Gasteiger partial charge < -0.3 is 4.90 Å². The van der Waals surface area contributed by atoms with Crippen molar-refractivity contribution < 1.29 is 12.8 Å². The summed E-state index contributed by atoms with van der Waals surface area (Å²) in [6.07, 6.45) is 2.08. The molecule has 1 unspecified atom stereocenters. The van der Waals surface area contributed by atoms with Crippen LogP contribution in [0, 0.1) is 0 Å². The number of thioether (sulfide) groups is 1. The summed E-state index contributed by atoms with van der Waals surface area (Å²) >= 11 is 1.28. The first kappa shape index (κ1) is 11.8. The van der Waals surface area contributed by atoms with Gasteiger partial charge in [0.1, 0.15) is 5.50 Å². The summed E-state index contributed by atoms with van der Waals surface area (Å²) in [7, 11) is -3.71. The zero-order valence-electron chi connectivity index (χ0n) is 7.39. The number of hydrogen-bond acceptors (Lipinski definition) is 4. The highest BCUT2D eigenvalue weighted by Crippen LogP contribution is 2.23. The Morgan fingerprint density at radius 1 is 1.64 bits per heavy atom. The minimum Gasteiger partial charge on any atom is -0.352 e. The molecule has 0 aromatic rings. The monoisotopic (exact) mass is 241 g/mol. The molecule has 0 aliphatic carbocycles. The minimum absolute atomic E-state index is 0.369. The minimum atomic E-state index is -3.71. The van der Waals surface area contributed by atoms with Crippen LogP contribution in [0.15, 0.2) is 11.6 Å². The standard InChI is InChI=1S/C6H12FN3O2S2/c7-2-1-3-10-4-5-13-6(10)9-14(8,11)12/h4-6,9H,1-3H2,(H2,8,11,12). The van der Waals surface area contributed by atoms with Crippen LogP contribution in [0.1, 0.15) is 6.42 Å². The van der Waals surface area contributed by atoms with Crippen LogP contribution in [0.25, 0.3) is 0 Å². The second-order valence-electron chi connectivity index (χ2n) is 2.72. The number of rotatable bonds is 5. The number of alkyl halides is 1. The van der Waals surface area contributed by atoms with E-state index in [0.717, 1.165) is 0 Å². The SMILES string of the molecule is NS(=O)(=O)NC1SC=CN1CCCF.